The SMILES string of the molecule is CCN(c1cnn(C)c(=O)c1Cl)C1CCC(N)CC1. The number of nitrogens with two attached hydrogens (primary N) is 1. The molecule has 0 bridgehead atoms. The molecule has 0 unspecified atom stereocenters. The number of anilines is 1. The molecule has 1 fully saturated rings. The molecule has 1 saturated carbocycles. The number of aromatic nitrogens is 2. The van der Waals surface area contributed by atoms with Crippen LogP contribution in [0, 0.1) is 0 Å². The fraction of sp³-hybridized carbons (Fsp3) is 0.692. The third-order valence-electron chi connectivity index (χ3n) is 3.89. The second kappa shape index (κ2) is 5.92. The summed E-state index contributed by atoms with van der Waals surface area (Å²) in [7, 11) is 1.61. The van der Waals surface area contributed by atoms with Crippen molar-refractivity contribution in [1.29, 1.82) is 0 Å². The molecule has 0 radical (unpaired) electrons. The summed E-state index contributed by atoms with van der Waals surface area (Å²) in [5.41, 5.74) is 6.44. The van der Waals surface area contributed by atoms with Gasteiger partial charge in [0.05, 0.1) is 11.9 Å². The highest BCUT2D eigenvalue weighted by Crippen LogP contribution is 2.29. The van der Waals surface area contributed by atoms with Gasteiger partial charge in [-0.1, -0.05) is 11.6 Å². The topological polar surface area (TPSA) is 64.2 Å². The highest BCUT2D eigenvalue weighted by atomic mass is 35.5. The van der Waals surface area contributed by atoms with Crippen LogP contribution in [-0.2, 0) is 7.05 Å². The fourth-order valence-electron chi connectivity index (χ4n) is 2.74. The van der Waals surface area contributed by atoms with Crippen LogP contribution in [0.3, 0.4) is 0 Å². The number of rotatable bonds is 3. The van der Waals surface area contributed by atoms with E-state index in [1.807, 2.05) is 0 Å². The monoisotopic (exact) mass is 284 g/mol. The molecule has 1 aliphatic rings. The molecule has 0 amide bonds. The molecule has 0 aromatic carbocycles. The molecule has 1 aliphatic carbocycles. The van der Waals surface area contributed by atoms with E-state index in [1.54, 1.807) is 13.2 Å². The second-order valence-corrected chi connectivity index (χ2v) is 5.51. The standard InChI is InChI=1S/C13H21ClN4O/c1-3-18(10-6-4-9(15)5-7-10)11-8-16-17(2)13(19)12(11)14/h8-10H,3-7,15H2,1-2H3. The molecule has 1 aromatic heterocycles. The van der Waals surface area contributed by atoms with Gasteiger partial charge in [0, 0.05) is 25.7 Å². The van der Waals surface area contributed by atoms with Crippen LogP contribution in [0.4, 0.5) is 5.69 Å². The molecule has 106 valence electrons. The predicted octanol–water partition coefficient (Wildman–Crippen LogP) is 1.53. The highest BCUT2D eigenvalue weighted by molar-refractivity contribution is 6.33. The van der Waals surface area contributed by atoms with Crippen LogP contribution in [0.1, 0.15) is 32.6 Å². The second-order valence-electron chi connectivity index (χ2n) is 5.13. The molecule has 19 heavy (non-hydrogen) atoms. The lowest BCUT2D eigenvalue weighted by atomic mass is 9.90. The van der Waals surface area contributed by atoms with E-state index in [1.165, 1.54) is 4.68 Å². The first-order valence-electron chi connectivity index (χ1n) is 6.78. The highest BCUT2D eigenvalue weighted by Gasteiger charge is 2.25. The van der Waals surface area contributed by atoms with Crippen molar-refractivity contribution in [3.8, 4) is 0 Å². The van der Waals surface area contributed by atoms with Crippen molar-refractivity contribution in [3.05, 3.63) is 21.6 Å². The van der Waals surface area contributed by atoms with Gasteiger partial charge >= 0.3 is 0 Å². The van der Waals surface area contributed by atoms with Crippen LogP contribution in [-0.4, -0.2) is 28.4 Å². The summed E-state index contributed by atoms with van der Waals surface area (Å²) >= 11 is 6.18. The molecule has 6 heteroatoms. The minimum absolute atomic E-state index is 0.245. The minimum atomic E-state index is -0.245. The summed E-state index contributed by atoms with van der Waals surface area (Å²) in [6.07, 6.45) is 5.82. The normalized spacial score (nSPS) is 23.4. The van der Waals surface area contributed by atoms with Crippen molar-refractivity contribution in [2.45, 2.75) is 44.7 Å². The lowest BCUT2D eigenvalue weighted by molar-refractivity contribution is 0.377. The number of hydrogen-bond donors (Lipinski definition) is 1. The van der Waals surface area contributed by atoms with Crippen LogP contribution < -0.4 is 16.2 Å². The molecule has 0 atom stereocenters. The van der Waals surface area contributed by atoms with Gasteiger partial charge in [-0.05, 0) is 32.6 Å². The van der Waals surface area contributed by atoms with Gasteiger partial charge in [0.1, 0.15) is 5.02 Å². The van der Waals surface area contributed by atoms with Gasteiger partial charge in [-0.2, -0.15) is 5.10 Å². The molecule has 5 nitrogen and oxygen atoms in total. The maximum Gasteiger partial charge on any atom is 0.287 e. The number of halogens is 1. The Morgan fingerprint density at radius 2 is 2.11 bits per heavy atom. The summed E-state index contributed by atoms with van der Waals surface area (Å²) in [5.74, 6) is 0. The van der Waals surface area contributed by atoms with Gasteiger partial charge in [0.2, 0.25) is 0 Å². The van der Waals surface area contributed by atoms with Gasteiger partial charge in [-0.15, -0.1) is 0 Å². The largest absolute Gasteiger partial charge is 0.366 e. The zero-order valence-corrected chi connectivity index (χ0v) is 12.2. The van der Waals surface area contributed by atoms with E-state index < -0.39 is 0 Å². The van der Waals surface area contributed by atoms with E-state index >= 15 is 0 Å². The first-order valence-corrected chi connectivity index (χ1v) is 7.16. The van der Waals surface area contributed by atoms with Crippen molar-refractivity contribution in [3.63, 3.8) is 0 Å². The predicted molar refractivity (Wildman–Crippen MR) is 77.7 cm³/mol. The van der Waals surface area contributed by atoms with Crippen molar-refractivity contribution in [2.24, 2.45) is 12.8 Å². The Hall–Kier alpha value is -1.07. The van der Waals surface area contributed by atoms with Crippen LogP contribution in [0.5, 0.6) is 0 Å². The molecule has 1 heterocycles. The molecule has 2 N–H and O–H groups in total. The maximum absolute atomic E-state index is 11.9. The average molecular weight is 285 g/mol. The van der Waals surface area contributed by atoms with E-state index in [0.717, 1.165) is 37.9 Å². The summed E-state index contributed by atoms with van der Waals surface area (Å²) in [6, 6.07) is 0.711. The van der Waals surface area contributed by atoms with Crippen LogP contribution in [0.2, 0.25) is 5.02 Å². The molecule has 1 aromatic rings. The molecular formula is C13H21ClN4O. The Balaban J connectivity index is 2.27. The number of nitrogens with zero attached hydrogens (tertiary/aromatic N) is 3. The first-order chi connectivity index (χ1) is 9.04. The summed E-state index contributed by atoms with van der Waals surface area (Å²) in [6.45, 7) is 2.89. The summed E-state index contributed by atoms with van der Waals surface area (Å²) in [5, 5.41) is 4.33. The van der Waals surface area contributed by atoms with E-state index in [4.69, 9.17) is 17.3 Å². The van der Waals surface area contributed by atoms with Crippen molar-refractivity contribution >= 4 is 17.3 Å². The van der Waals surface area contributed by atoms with E-state index in [0.29, 0.717) is 12.1 Å². The molecular weight excluding hydrogens is 264 g/mol. The van der Waals surface area contributed by atoms with Gasteiger partial charge in [-0.25, -0.2) is 4.68 Å². The van der Waals surface area contributed by atoms with Gasteiger partial charge in [-0.3, -0.25) is 4.79 Å². The van der Waals surface area contributed by atoms with Gasteiger partial charge in [0.25, 0.3) is 5.56 Å². The number of aryl methyl sites for hydroxylation is 1. The lowest BCUT2D eigenvalue weighted by Crippen LogP contribution is -2.42. The third kappa shape index (κ3) is 2.92. The zero-order valence-electron chi connectivity index (χ0n) is 11.5. The smallest absolute Gasteiger partial charge is 0.287 e. The molecule has 0 aliphatic heterocycles. The Labute approximate surface area is 118 Å². The molecule has 2 rings (SSSR count). The van der Waals surface area contributed by atoms with Crippen molar-refractivity contribution in [2.75, 3.05) is 11.4 Å². The molecule has 0 spiro atoms. The van der Waals surface area contributed by atoms with E-state index in [9.17, 15) is 4.79 Å². The van der Waals surface area contributed by atoms with Crippen molar-refractivity contribution < 1.29 is 0 Å². The minimum Gasteiger partial charge on any atom is -0.366 e. The molecule has 0 saturated heterocycles. The average Bonchev–Trinajstić information content (AvgIpc) is 2.41. The Morgan fingerprint density at radius 1 is 1.47 bits per heavy atom. The fourth-order valence-corrected chi connectivity index (χ4v) is 3.02. The maximum atomic E-state index is 11.9. The number of hydrogen-bond acceptors (Lipinski definition) is 4. The van der Waals surface area contributed by atoms with E-state index in [-0.39, 0.29) is 10.6 Å². The van der Waals surface area contributed by atoms with Gasteiger partial charge in [0.15, 0.2) is 0 Å². The van der Waals surface area contributed by atoms with Crippen LogP contribution >= 0.6 is 11.6 Å². The van der Waals surface area contributed by atoms with Crippen LogP contribution in [0.25, 0.3) is 0 Å². The Bertz CT molecular complexity index is 494. The quantitative estimate of drug-likeness (QED) is 0.914. The lowest BCUT2D eigenvalue weighted by Gasteiger charge is -2.37. The first kappa shape index (κ1) is 14.3. The van der Waals surface area contributed by atoms with E-state index in [2.05, 4.69) is 16.9 Å². The zero-order chi connectivity index (χ0) is 14.0. The van der Waals surface area contributed by atoms with Crippen molar-refractivity contribution in [1.82, 2.24) is 9.78 Å². The van der Waals surface area contributed by atoms with Gasteiger partial charge < -0.3 is 10.6 Å². The van der Waals surface area contributed by atoms with Crippen LogP contribution in [0.15, 0.2) is 11.0 Å². The Morgan fingerprint density at radius 3 is 2.68 bits per heavy atom. The summed E-state index contributed by atoms with van der Waals surface area (Å²) < 4.78 is 1.26. The third-order valence-corrected chi connectivity index (χ3v) is 4.25. The summed E-state index contributed by atoms with van der Waals surface area (Å²) in [4.78, 5) is 14.0. The Kier molecular flexibility index (Phi) is 4.47.